The van der Waals surface area contributed by atoms with Crippen molar-refractivity contribution in [2.45, 2.75) is 63.1 Å². The molecule has 0 unspecified atom stereocenters. The van der Waals surface area contributed by atoms with Crippen LogP contribution in [0.15, 0.2) is 83.8 Å². The van der Waals surface area contributed by atoms with Crippen LogP contribution in [0.3, 0.4) is 0 Å². The lowest BCUT2D eigenvalue weighted by atomic mass is 10.0. The molecule has 1 aliphatic heterocycles. The summed E-state index contributed by atoms with van der Waals surface area (Å²) in [4.78, 5) is 41.9. The van der Waals surface area contributed by atoms with Crippen LogP contribution in [0.25, 0.3) is 0 Å². The zero-order chi connectivity index (χ0) is 30.3. The van der Waals surface area contributed by atoms with Gasteiger partial charge in [-0.1, -0.05) is 61.5 Å². The second-order valence-corrected chi connectivity index (χ2v) is 12.2. The van der Waals surface area contributed by atoms with Gasteiger partial charge in [0.05, 0.1) is 12.7 Å². The predicted octanol–water partition coefficient (Wildman–Crippen LogP) is 4.17. The summed E-state index contributed by atoms with van der Waals surface area (Å²) < 4.78 is 32.2. The maximum absolute atomic E-state index is 13.9. The molecular weight excluding hydrogens is 554 g/mol. The van der Waals surface area contributed by atoms with E-state index in [-0.39, 0.29) is 54.2 Å². The van der Waals surface area contributed by atoms with Gasteiger partial charge in [0.1, 0.15) is 16.7 Å². The number of carbonyl (C=O) groups is 3. The fourth-order valence-electron chi connectivity index (χ4n) is 4.93. The predicted molar refractivity (Wildman–Crippen MR) is 159 cm³/mol. The van der Waals surface area contributed by atoms with Crippen LogP contribution in [0.1, 0.15) is 54.6 Å². The van der Waals surface area contributed by atoms with Gasteiger partial charge in [-0.25, -0.2) is 12.7 Å². The van der Waals surface area contributed by atoms with Crippen molar-refractivity contribution in [1.82, 2.24) is 14.5 Å². The van der Waals surface area contributed by atoms with Crippen molar-refractivity contribution in [2.75, 3.05) is 13.7 Å². The van der Waals surface area contributed by atoms with Crippen molar-refractivity contribution in [3.63, 3.8) is 0 Å². The highest BCUT2D eigenvalue weighted by atomic mass is 32.2. The molecule has 0 radical (unpaired) electrons. The Kier molecular flexibility index (Phi) is 10.0. The maximum atomic E-state index is 13.9. The van der Waals surface area contributed by atoms with Crippen LogP contribution in [-0.2, 0) is 32.6 Å². The van der Waals surface area contributed by atoms with E-state index in [9.17, 15) is 22.8 Å². The third-order valence-corrected chi connectivity index (χ3v) is 9.26. The van der Waals surface area contributed by atoms with Crippen LogP contribution in [0.4, 0.5) is 0 Å². The monoisotopic (exact) mass is 591 g/mol. The highest BCUT2D eigenvalue weighted by Crippen LogP contribution is 2.30. The van der Waals surface area contributed by atoms with Gasteiger partial charge in [0, 0.05) is 32.0 Å². The molecule has 0 bridgehead atoms. The molecule has 9 nitrogen and oxygen atoms in total. The number of hydrogen-bond acceptors (Lipinski definition) is 6. The molecule has 2 atom stereocenters. The molecule has 3 aromatic carbocycles. The number of rotatable bonds is 13. The number of benzene rings is 3. The maximum Gasteiger partial charge on any atom is 0.269 e. The number of sulfonamides is 1. The summed E-state index contributed by atoms with van der Waals surface area (Å²) >= 11 is 0. The topological polar surface area (TPSA) is 113 Å². The molecule has 42 heavy (non-hydrogen) atoms. The molecule has 222 valence electrons. The van der Waals surface area contributed by atoms with Crippen molar-refractivity contribution in [3.05, 3.63) is 95.6 Å². The molecule has 1 aliphatic rings. The molecule has 0 spiro atoms. The smallest absolute Gasteiger partial charge is 0.269 e. The minimum absolute atomic E-state index is 0.0226. The normalized spacial score (nSPS) is 15.0. The standard InChI is InChI=1S/C32H37N3O6S/c1-4-23(2)33-31(37)28(21-24-12-6-5-7-13-24)34(22-25-14-10-15-26(20-25)41-3)30(36)18-11-19-35-32(38)27-16-8-9-17-29(27)42(35,39)40/h5-10,12-17,20,23,28H,4,11,18-19,21-22H2,1-3H3,(H,33,37)/t23-,28-/m1/s1. The Hall–Kier alpha value is -4.18. The van der Waals surface area contributed by atoms with Gasteiger partial charge in [-0.05, 0) is 55.2 Å². The molecule has 1 N–H and O–H groups in total. The van der Waals surface area contributed by atoms with Crippen LogP contribution >= 0.6 is 0 Å². The lowest BCUT2D eigenvalue weighted by Crippen LogP contribution is -2.52. The number of nitrogens with zero attached hydrogens (tertiary/aromatic N) is 2. The Bertz CT molecular complexity index is 1530. The number of amides is 3. The van der Waals surface area contributed by atoms with Crippen molar-refractivity contribution in [2.24, 2.45) is 0 Å². The summed E-state index contributed by atoms with van der Waals surface area (Å²) in [6.45, 7) is 3.89. The molecular formula is C32H37N3O6S. The molecule has 0 fully saturated rings. The fourth-order valence-corrected chi connectivity index (χ4v) is 6.54. The van der Waals surface area contributed by atoms with Gasteiger partial charge in [0.15, 0.2) is 0 Å². The minimum Gasteiger partial charge on any atom is -0.497 e. The Morgan fingerprint density at radius 3 is 2.36 bits per heavy atom. The zero-order valence-corrected chi connectivity index (χ0v) is 25.0. The van der Waals surface area contributed by atoms with E-state index < -0.39 is 22.0 Å². The Morgan fingerprint density at radius 2 is 1.67 bits per heavy atom. The number of carbonyl (C=O) groups excluding carboxylic acids is 3. The van der Waals surface area contributed by atoms with Crippen molar-refractivity contribution in [1.29, 1.82) is 0 Å². The van der Waals surface area contributed by atoms with Crippen molar-refractivity contribution < 1.29 is 27.5 Å². The van der Waals surface area contributed by atoms with Crippen LogP contribution in [0.5, 0.6) is 5.75 Å². The van der Waals surface area contributed by atoms with E-state index in [4.69, 9.17) is 4.74 Å². The number of ether oxygens (including phenoxy) is 1. The molecule has 0 saturated heterocycles. The van der Waals surface area contributed by atoms with Gasteiger partial charge in [0.25, 0.3) is 15.9 Å². The van der Waals surface area contributed by atoms with Crippen LogP contribution in [0.2, 0.25) is 0 Å². The van der Waals surface area contributed by atoms with E-state index in [1.54, 1.807) is 30.2 Å². The number of fused-ring (bicyclic) bond motifs is 1. The summed E-state index contributed by atoms with van der Waals surface area (Å²) in [6.07, 6.45) is 1.08. The summed E-state index contributed by atoms with van der Waals surface area (Å²) in [6, 6.07) is 22.0. The van der Waals surface area contributed by atoms with Crippen LogP contribution in [-0.4, -0.2) is 61.1 Å². The van der Waals surface area contributed by atoms with Crippen molar-refractivity contribution >= 4 is 27.7 Å². The van der Waals surface area contributed by atoms with Crippen molar-refractivity contribution in [3.8, 4) is 5.75 Å². The molecule has 4 rings (SSSR count). The highest BCUT2D eigenvalue weighted by Gasteiger charge is 2.40. The molecule has 0 aromatic heterocycles. The van der Waals surface area contributed by atoms with Gasteiger partial charge in [-0.3, -0.25) is 14.4 Å². The zero-order valence-electron chi connectivity index (χ0n) is 24.2. The molecule has 3 aromatic rings. The van der Waals surface area contributed by atoms with Gasteiger partial charge < -0.3 is 15.0 Å². The van der Waals surface area contributed by atoms with E-state index >= 15 is 0 Å². The third-order valence-electron chi connectivity index (χ3n) is 7.42. The first kappa shape index (κ1) is 30.8. The SMILES string of the molecule is CC[C@@H](C)NC(=O)[C@@H](Cc1ccccc1)N(Cc1cccc(OC)c1)C(=O)CCCN1C(=O)c2ccccc2S1(=O)=O. The highest BCUT2D eigenvalue weighted by molar-refractivity contribution is 7.90. The first-order chi connectivity index (χ1) is 20.1. The van der Waals surface area contributed by atoms with Crippen LogP contribution < -0.4 is 10.1 Å². The molecule has 0 saturated carbocycles. The third kappa shape index (κ3) is 6.99. The fraction of sp³-hybridized carbons (Fsp3) is 0.344. The Morgan fingerprint density at radius 1 is 0.976 bits per heavy atom. The van der Waals surface area contributed by atoms with Gasteiger partial charge >= 0.3 is 0 Å². The lowest BCUT2D eigenvalue weighted by molar-refractivity contribution is -0.141. The first-order valence-electron chi connectivity index (χ1n) is 14.1. The Labute approximate surface area is 247 Å². The quantitative estimate of drug-likeness (QED) is 0.319. The average molecular weight is 592 g/mol. The molecule has 3 amide bonds. The summed E-state index contributed by atoms with van der Waals surface area (Å²) in [5.41, 5.74) is 1.81. The second kappa shape index (κ2) is 13.7. The summed E-state index contributed by atoms with van der Waals surface area (Å²) in [5, 5.41) is 3.03. The molecule has 10 heteroatoms. The molecule has 0 aliphatic carbocycles. The second-order valence-electron chi connectivity index (χ2n) is 10.4. The first-order valence-corrected chi connectivity index (χ1v) is 15.5. The van der Waals surface area contributed by atoms with E-state index in [2.05, 4.69) is 5.32 Å². The number of methoxy groups -OCH3 is 1. The van der Waals surface area contributed by atoms with Gasteiger partial charge in [-0.15, -0.1) is 0 Å². The summed E-state index contributed by atoms with van der Waals surface area (Å²) in [5.74, 6) is -0.557. The summed E-state index contributed by atoms with van der Waals surface area (Å²) in [7, 11) is -2.41. The van der Waals surface area contributed by atoms with E-state index in [1.165, 1.54) is 12.1 Å². The number of hydrogen-bond donors (Lipinski definition) is 1. The van der Waals surface area contributed by atoms with E-state index in [0.717, 1.165) is 21.9 Å². The van der Waals surface area contributed by atoms with E-state index in [0.29, 0.717) is 12.2 Å². The number of nitrogens with one attached hydrogen (secondary N) is 1. The molecule has 1 heterocycles. The van der Waals surface area contributed by atoms with Gasteiger partial charge in [-0.2, -0.15) is 0 Å². The minimum atomic E-state index is -3.98. The lowest BCUT2D eigenvalue weighted by Gasteiger charge is -2.32. The van der Waals surface area contributed by atoms with E-state index in [1.807, 2.05) is 62.4 Å². The Balaban J connectivity index is 1.59. The average Bonchev–Trinajstić information content (AvgIpc) is 3.19. The van der Waals surface area contributed by atoms with Crippen LogP contribution in [0, 0.1) is 0 Å². The van der Waals surface area contributed by atoms with Gasteiger partial charge in [0.2, 0.25) is 11.8 Å². The largest absolute Gasteiger partial charge is 0.497 e.